The number of nitrogens with one attached hydrogen (secondary N) is 2. The largest absolute Gasteiger partial charge is 0.507 e. The van der Waals surface area contributed by atoms with E-state index in [9.17, 15) is 9.90 Å². The number of phenols is 1. The van der Waals surface area contributed by atoms with Gasteiger partial charge in [-0.3, -0.25) is 4.79 Å². The topological polar surface area (TPSA) is 61.4 Å². The van der Waals surface area contributed by atoms with Crippen molar-refractivity contribution in [3.05, 3.63) is 41.3 Å². The summed E-state index contributed by atoms with van der Waals surface area (Å²) in [5.41, 5.74) is 0. The van der Waals surface area contributed by atoms with E-state index in [0.717, 1.165) is 26.8 Å². The predicted octanol–water partition coefficient (Wildman–Crippen LogP) is 3.23. The van der Waals surface area contributed by atoms with E-state index in [1.54, 1.807) is 12.1 Å². The van der Waals surface area contributed by atoms with Crippen LogP contribution < -0.4 is 10.6 Å². The van der Waals surface area contributed by atoms with Crippen LogP contribution in [0.3, 0.4) is 0 Å². The van der Waals surface area contributed by atoms with Gasteiger partial charge < -0.3 is 15.7 Å². The highest BCUT2D eigenvalue weighted by atomic mass is 32.2. The summed E-state index contributed by atoms with van der Waals surface area (Å²) in [6, 6.07) is 12.3. The number of hydrogen-bond acceptors (Lipinski definition) is 5. The average Bonchev–Trinajstić information content (AvgIpc) is 3.26. The first kappa shape index (κ1) is 15.1. The summed E-state index contributed by atoms with van der Waals surface area (Å²) in [5, 5.41) is 16.5. The second-order valence-corrected chi connectivity index (χ2v) is 8.48. The second kappa shape index (κ2) is 6.19. The Labute approximate surface area is 143 Å². The number of benzene rings is 1. The average molecular weight is 346 g/mol. The third-order valence-electron chi connectivity index (χ3n) is 4.50. The van der Waals surface area contributed by atoms with Gasteiger partial charge in [-0.1, -0.05) is 23.9 Å². The summed E-state index contributed by atoms with van der Waals surface area (Å²) < 4.78 is 1.00. The summed E-state index contributed by atoms with van der Waals surface area (Å²) in [6.07, 6.45) is 3.44. The van der Waals surface area contributed by atoms with Crippen molar-refractivity contribution in [1.29, 1.82) is 0 Å². The van der Waals surface area contributed by atoms with Crippen LogP contribution in [0, 0.1) is 0 Å². The molecule has 0 saturated carbocycles. The van der Waals surface area contributed by atoms with E-state index in [4.69, 9.17) is 0 Å². The van der Waals surface area contributed by atoms with Gasteiger partial charge in [0.05, 0.1) is 14.0 Å². The Morgan fingerprint density at radius 1 is 1.26 bits per heavy atom. The van der Waals surface area contributed by atoms with Gasteiger partial charge in [0.25, 0.3) is 5.91 Å². The van der Waals surface area contributed by atoms with Crippen LogP contribution in [0.15, 0.2) is 45.5 Å². The molecular formula is C17H18N2O2S2. The Balaban J connectivity index is 1.41. The van der Waals surface area contributed by atoms with Gasteiger partial charge in [-0.15, -0.1) is 11.3 Å². The van der Waals surface area contributed by atoms with E-state index in [0.29, 0.717) is 12.1 Å². The number of phenolic OH excluding ortho intramolecular Hbond substituents is 1. The van der Waals surface area contributed by atoms with Crippen molar-refractivity contribution in [2.75, 3.05) is 0 Å². The number of hydrogen-bond donors (Lipinski definition) is 3. The fraction of sp³-hybridized carbons (Fsp3) is 0.353. The number of thiophene rings is 1. The van der Waals surface area contributed by atoms with Crippen LogP contribution in [-0.4, -0.2) is 29.1 Å². The van der Waals surface area contributed by atoms with Gasteiger partial charge in [0.15, 0.2) is 0 Å². The molecule has 1 amide bonds. The van der Waals surface area contributed by atoms with E-state index >= 15 is 0 Å². The number of para-hydroxylation sites is 1. The van der Waals surface area contributed by atoms with Crippen LogP contribution in [0.5, 0.6) is 5.75 Å². The number of aromatic hydroxyl groups is 1. The normalized spacial score (nSPS) is 25.7. The fourth-order valence-corrected chi connectivity index (χ4v) is 5.39. The lowest BCUT2D eigenvalue weighted by molar-refractivity contribution is 0.0935. The van der Waals surface area contributed by atoms with Crippen LogP contribution in [0.4, 0.5) is 0 Å². The summed E-state index contributed by atoms with van der Waals surface area (Å²) in [5.74, 6) is 0.281. The molecule has 3 N–H and O–H groups in total. The number of fused-ring (bicyclic) bond motifs is 2. The zero-order chi connectivity index (χ0) is 15.8. The highest BCUT2D eigenvalue weighted by molar-refractivity contribution is 8.01. The highest BCUT2D eigenvalue weighted by Crippen LogP contribution is 2.38. The molecule has 120 valence electrons. The Kier molecular flexibility index (Phi) is 4.05. The molecule has 1 aromatic heterocycles. The summed E-state index contributed by atoms with van der Waals surface area (Å²) in [4.78, 5) is 14.0. The van der Waals surface area contributed by atoms with E-state index in [1.165, 1.54) is 29.5 Å². The molecule has 4 nitrogen and oxygen atoms in total. The number of rotatable bonds is 4. The van der Waals surface area contributed by atoms with E-state index < -0.39 is 0 Å². The summed E-state index contributed by atoms with van der Waals surface area (Å²) in [6.45, 7) is 0. The predicted molar refractivity (Wildman–Crippen MR) is 92.4 cm³/mol. The van der Waals surface area contributed by atoms with E-state index in [1.807, 2.05) is 24.3 Å². The number of carbonyl (C=O) groups excluding carboxylic acids is 1. The molecule has 3 heterocycles. The maximum absolute atomic E-state index is 12.4. The molecule has 0 spiro atoms. The quantitative estimate of drug-likeness (QED) is 0.795. The lowest BCUT2D eigenvalue weighted by atomic mass is 9.95. The maximum Gasteiger partial charge on any atom is 0.261 e. The number of amides is 1. The van der Waals surface area contributed by atoms with Crippen LogP contribution in [0.25, 0.3) is 0 Å². The minimum absolute atomic E-state index is 0.0125. The lowest BCUT2D eigenvalue weighted by Crippen LogP contribution is -2.42. The molecule has 0 aliphatic carbocycles. The zero-order valence-electron chi connectivity index (χ0n) is 12.5. The van der Waals surface area contributed by atoms with Crippen LogP contribution in [0.2, 0.25) is 0 Å². The Morgan fingerprint density at radius 2 is 2.13 bits per heavy atom. The monoisotopic (exact) mass is 346 g/mol. The van der Waals surface area contributed by atoms with E-state index in [2.05, 4.69) is 10.6 Å². The van der Waals surface area contributed by atoms with Crippen molar-refractivity contribution >= 4 is 29.0 Å². The van der Waals surface area contributed by atoms with Gasteiger partial charge in [0, 0.05) is 18.1 Å². The molecule has 2 bridgehead atoms. The Morgan fingerprint density at radius 3 is 2.87 bits per heavy atom. The fourth-order valence-electron chi connectivity index (χ4n) is 3.37. The van der Waals surface area contributed by atoms with Crippen molar-refractivity contribution in [1.82, 2.24) is 10.6 Å². The van der Waals surface area contributed by atoms with Crippen LogP contribution >= 0.6 is 23.1 Å². The molecule has 2 fully saturated rings. The molecule has 3 atom stereocenters. The van der Waals surface area contributed by atoms with Crippen LogP contribution in [0.1, 0.15) is 28.9 Å². The molecule has 23 heavy (non-hydrogen) atoms. The smallest absolute Gasteiger partial charge is 0.261 e. The molecule has 6 heteroatoms. The van der Waals surface area contributed by atoms with Gasteiger partial charge in [-0.2, -0.15) is 0 Å². The third-order valence-corrected chi connectivity index (χ3v) is 6.78. The SMILES string of the molecule is O=C(NC1CC2CCC1N2)c1ccc(Sc2ccccc2O)s1. The summed E-state index contributed by atoms with van der Waals surface area (Å²) in [7, 11) is 0. The van der Waals surface area contributed by atoms with Crippen molar-refractivity contribution in [2.24, 2.45) is 0 Å². The molecule has 3 unspecified atom stereocenters. The molecule has 2 saturated heterocycles. The van der Waals surface area contributed by atoms with E-state index in [-0.39, 0.29) is 17.7 Å². The molecule has 0 radical (unpaired) electrons. The van der Waals surface area contributed by atoms with Gasteiger partial charge >= 0.3 is 0 Å². The van der Waals surface area contributed by atoms with Gasteiger partial charge in [0.1, 0.15) is 5.75 Å². The second-order valence-electron chi connectivity index (χ2n) is 6.05. The van der Waals surface area contributed by atoms with Crippen molar-refractivity contribution < 1.29 is 9.90 Å². The van der Waals surface area contributed by atoms with Crippen LogP contribution in [-0.2, 0) is 0 Å². The van der Waals surface area contributed by atoms with Gasteiger partial charge in [0.2, 0.25) is 0 Å². The third kappa shape index (κ3) is 3.11. The first-order valence-electron chi connectivity index (χ1n) is 7.81. The van der Waals surface area contributed by atoms with Gasteiger partial charge in [-0.25, -0.2) is 0 Å². The first-order valence-corrected chi connectivity index (χ1v) is 9.45. The Hall–Kier alpha value is -1.50. The minimum Gasteiger partial charge on any atom is -0.507 e. The first-order chi connectivity index (χ1) is 11.2. The van der Waals surface area contributed by atoms with Gasteiger partial charge in [-0.05, 0) is 43.5 Å². The van der Waals surface area contributed by atoms with Crippen molar-refractivity contribution in [3.63, 3.8) is 0 Å². The number of carbonyl (C=O) groups is 1. The molecule has 1 aromatic carbocycles. The highest BCUT2D eigenvalue weighted by Gasteiger charge is 2.39. The maximum atomic E-state index is 12.4. The molecular weight excluding hydrogens is 328 g/mol. The standard InChI is InChI=1S/C17H18N2O2S2/c20-13-3-1-2-4-14(13)22-16-8-7-15(23-16)17(21)19-12-9-10-5-6-11(12)18-10/h1-4,7-8,10-12,18,20H,5-6,9H2,(H,19,21). The molecule has 2 aromatic rings. The summed E-state index contributed by atoms with van der Waals surface area (Å²) >= 11 is 2.95. The minimum atomic E-state index is 0.0125. The Bertz CT molecular complexity index is 731. The molecule has 2 aliphatic heterocycles. The lowest BCUT2D eigenvalue weighted by Gasteiger charge is -2.20. The molecule has 2 aliphatic rings. The molecule has 4 rings (SSSR count). The van der Waals surface area contributed by atoms with Crippen molar-refractivity contribution in [2.45, 2.75) is 46.5 Å². The van der Waals surface area contributed by atoms with Crippen molar-refractivity contribution in [3.8, 4) is 5.75 Å². The zero-order valence-corrected chi connectivity index (χ0v) is 14.1.